The third-order valence-electron chi connectivity index (χ3n) is 3.95. The number of halogens is 2. The van der Waals surface area contributed by atoms with Gasteiger partial charge in [-0.05, 0) is 47.9 Å². The number of carbonyl (C=O) groups is 1. The highest BCUT2D eigenvalue weighted by atomic mass is 19.1. The van der Waals surface area contributed by atoms with Crippen molar-refractivity contribution < 1.29 is 13.6 Å². The van der Waals surface area contributed by atoms with Crippen LogP contribution in [-0.4, -0.2) is 12.8 Å². The van der Waals surface area contributed by atoms with Gasteiger partial charge in [0.2, 0.25) is 0 Å². The lowest BCUT2D eigenvalue weighted by Gasteiger charge is -2.05. The summed E-state index contributed by atoms with van der Waals surface area (Å²) >= 11 is 0. The van der Waals surface area contributed by atoms with Crippen molar-refractivity contribution in [1.29, 1.82) is 0 Å². The van der Waals surface area contributed by atoms with Crippen LogP contribution in [0, 0.1) is 17.6 Å². The normalized spacial score (nSPS) is 8.91. The number of aldehydes is 1. The molecular formula is C27H44F2N2O. The van der Waals surface area contributed by atoms with Crippen molar-refractivity contribution in [3.63, 3.8) is 0 Å². The molecule has 0 saturated carbocycles. The molecule has 3 nitrogen and oxygen atoms in total. The molecule has 2 rings (SSSR count). The number of nitrogen functional groups attached to an aromatic ring is 1. The number of hydrogen-bond donors (Lipinski definition) is 2. The molecule has 0 bridgehead atoms. The molecule has 32 heavy (non-hydrogen) atoms. The van der Waals surface area contributed by atoms with E-state index < -0.39 is 11.6 Å². The Morgan fingerprint density at radius 2 is 1.34 bits per heavy atom. The van der Waals surface area contributed by atoms with Gasteiger partial charge in [0.15, 0.2) is 0 Å². The molecule has 0 atom stereocenters. The van der Waals surface area contributed by atoms with E-state index in [0.717, 1.165) is 23.8 Å². The molecule has 2 aromatic rings. The second kappa shape index (κ2) is 24.7. The van der Waals surface area contributed by atoms with Crippen molar-refractivity contribution in [2.24, 2.45) is 11.7 Å². The zero-order valence-corrected chi connectivity index (χ0v) is 20.7. The standard InChI is InChI=1S/C12H9F2N.C8H18.C3H7NO.C2H6.C2H4/c13-10-5-9(6-11(14)7-10)8-1-3-12(15)4-2-8;1-4-6-8(3)7-5-2;4-2-1-3-5;2*1-2/h1-7H,15H2;8H,4-7H2,1-3H3;3H,1-2,4H2;1-2H3;1-2H2. The summed E-state index contributed by atoms with van der Waals surface area (Å²) in [7, 11) is 0. The maximum Gasteiger partial charge on any atom is 0.126 e. The number of carbonyl (C=O) groups excluding carboxylic acids is 1. The van der Waals surface area contributed by atoms with Crippen molar-refractivity contribution in [2.45, 2.75) is 66.7 Å². The zero-order chi connectivity index (χ0) is 25.4. The minimum absolute atomic E-state index is 0.476. The van der Waals surface area contributed by atoms with Crippen LogP contribution in [0.25, 0.3) is 11.1 Å². The number of nitrogens with two attached hydrogens (primary N) is 2. The van der Waals surface area contributed by atoms with Crippen LogP contribution in [0.4, 0.5) is 14.5 Å². The summed E-state index contributed by atoms with van der Waals surface area (Å²) < 4.78 is 25.9. The minimum atomic E-state index is -0.582. The van der Waals surface area contributed by atoms with E-state index in [9.17, 15) is 13.6 Å². The Morgan fingerprint density at radius 1 is 0.906 bits per heavy atom. The molecule has 4 N–H and O–H groups in total. The van der Waals surface area contributed by atoms with Gasteiger partial charge < -0.3 is 16.3 Å². The molecule has 0 aliphatic carbocycles. The quantitative estimate of drug-likeness (QED) is 0.257. The summed E-state index contributed by atoms with van der Waals surface area (Å²) in [6.07, 6.45) is 6.81. The second-order valence-electron chi connectivity index (χ2n) is 6.71. The molecule has 182 valence electrons. The van der Waals surface area contributed by atoms with Gasteiger partial charge in [-0.1, -0.05) is 72.4 Å². The SMILES string of the molecule is C=C.CC.CCCC(C)CCC.NCCC=O.Nc1ccc(-c2cc(F)cc(F)c2)cc1. The van der Waals surface area contributed by atoms with E-state index in [1.165, 1.54) is 37.8 Å². The largest absolute Gasteiger partial charge is 0.399 e. The third kappa shape index (κ3) is 19.4. The Hall–Kier alpha value is -2.53. The fourth-order valence-electron chi connectivity index (χ4n) is 2.59. The average molecular weight is 451 g/mol. The summed E-state index contributed by atoms with van der Waals surface area (Å²) in [5, 5.41) is 0. The van der Waals surface area contributed by atoms with Crippen LogP contribution in [0.2, 0.25) is 0 Å². The molecule has 0 aliphatic heterocycles. The Balaban J connectivity index is -0.000000420. The fourth-order valence-corrected chi connectivity index (χ4v) is 2.59. The maximum absolute atomic E-state index is 12.9. The molecule has 0 fully saturated rings. The van der Waals surface area contributed by atoms with E-state index in [-0.39, 0.29) is 0 Å². The first-order valence-corrected chi connectivity index (χ1v) is 11.3. The van der Waals surface area contributed by atoms with Crippen molar-refractivity contribution in [1.82, 2.24) is 0 Å². The van der Waals surface area contributed by atoms with Crippen LogP contribution in [0.1, 0.15) is 66.7 Å². The Bertz CT molecular complexity index is 650. The van der Waals surface area contributed by atoms with Crippen molar-refractivity contribution in [3.05, 3.63) is 67.3 Å². The second-order valence-corrected chi connectivity index (χ2v) is 6.71. The topological polar surface area (TPSA) is 69.1 Å². The maximum atomic E-state index is 12.9. The lowest BCUT2D eigenvalue weighted by molar-refractivity contribution is -0.107. The van der Waals surface area contributed by atoms with Gasteiger partial charge in [-0.3, -0.25) is 0 Å². The lowest BCUT2D eigenvalue weighted by Crippen LogP contribution is -1.97. The van der Waals surface area contributed by atoms with E-state index in [1.807, 2.05) is 13.8 Å². The molecule has 0 saturated heterocycles. The zero-order valence-electron chi connectivity index (χ0n) is 20.7. The summed E-state index contributed by atoms with van der Waals surface area (Å²) in [5.74, 6) is -0.200. The monoisotopic (exact) mass is 450 g/mol. The smallest absolute Gasteiger partial charge is 0.126 e. The highest BCUT2D eigenvalue weighted by Gasteiger charge is 2.02. The van der Waals surface area contributed by atoms with Crippen molar-refractivity contribution in [2.75, 3.05) is 12.3 Å². The average Bonchev–Trinajstić information content (AvgIpc) is 2.78. The van der Waals surface area contributed by atoms with Crippen molar-refractivity contribution in [3.8, 4) is 11.1 Å². The molecule has 0 heterocycles. The van der Waals surface area contributed by atoms with Crippen molar-refractivity contribution >= 4 is 12.0 Å². The van der Waals surface area contributed by atoms with E-state index in [2.05, 4.69) is 33.9 Å². The van der Waals surface area contributed by atoms with Gasteiger partial charge in [0.25, 0.3) is 0 Å². The number of anilines is 1. The Morgan fingerprint density at radius 3 is 1.66 bits per heavy atom. The first kappa shape index (κ1) is 34.1. The molecule has 0 aromatic heterocycles. The highest BCUT2D eigenvalue weighted by Crippen LogP contribution is 2.22. The van der Waals surface area contributed by atoms with Crippen LogP contribution in [-0.2, 0) is 4.79 Å². The van der Waals surface area contributed by atoms with Gasteiger partial charge in [-0.2, -0.15) is 0 Å². The predicted molar refractivity (Wildman–Crippen MR) is 138 cm³/mol. The number of hydrogen-bond acceptors (Lipinski definition) is 3. The van der Waals surface area contributed by atoms with Crippen LogP contribution in [0.3, 0.4) is 0 Å². The molecule has 5 heteroatoms. The van der Waals surface area contributed by atoms with E-state index in [0.29, 0.717) is 24.2 Å². The number of rotatable bonds is 7. The molecule has 0 radical (unpaired) electrons. The first-order valence-electron chi connectivity index (χ1n) is 11.3. The van der Waals surface area contributed by atoms with Gasteiger partial charge in [0.05, 0.1) is 0 Å². The Labute approximate surface area is 194 Å². The summed E-state index contributed by atoms with van der Waals surface area (Å²) in [6.45, 7) is 17.3. The fraction of sp³-hybridized carbons (Fsp3) is 0.444. The van der Waals surface area contributed by atoms with Gasteiger partial charge in [-0.25, -0.2) is 8.78 Å². The summed E-state index contributed by atoms with van der Waals surface area (Å²) in [5.41, 5.74) is 12.3. The summed E-state index contributed by atoms with van der Waals surface area (Å²) in [4.78, 5) is 9.32. The van der Waals surface area contributed by atoms with Gasteiger partial charge in [0.1, 0.15) is 17.9 Å². The van der Waals surface area contributed by atoms with Gasteiger partial charge in [0, 0.05) is 18.2 Å². The molecule has 0 unspecified atom stereocenters. The van der Waals surface area contributed by atoms with Gasteiger partial charge >= 0.3 is 0 Å². The van der Waals surface area contributed by atoms with Crippen LogP contribution in [0.15, 0.2) is 55.6 Å². The van der Waals surface area contributed by atoms with Gasteiger partial charge in [-0.15, -0.1) is 13.2 Å². The predicted octanol–water partition coefficient (Wildman–Crippen LogP) is 7.80. The number of benzene rings is 2. The van der Waals surface area contributed by atoms with Crippen LogP contribution in [0.5, 0.6) is 0 Å². The molecule has 0 aliphatic rings. The summed E-state index contributed by atoms with van der Waals surface area (Å²) in [6, 6.07) is 10.3. The molecule has 0 spiro atoms. The lowest BCUT2D eigenvalue weighted by atomic mass is 10.0. The highest BCUT2D eigenvalue weighted by molar-refractivity contribution is 5.65. The molecular weight excluding hydrogens is 406 g/mol. The molecule has 0 amide bonds. The van der Waals surface area contributed by atoms with E-state index >= 15 is 0 Å². The van der Waals surface area contributed by atoms with Crippen LogP contribution < -0.4 is 11.5 Å². The van der Waals surface area contributed by atoms with Crippen LogP contribution >= 0.6 is 0 Å². The van der Waals surface area contributed by atoms with E-state index in [1.54, 1.807) is 24.3 Å². The minimum Gasteiger partial charge on any atom is -0.399 e. The third-order valence-corrected chi connectivity index (χ3v) is 3.95. The first-order chi connectivity index (χ1) is 15.4. The van der Waals surface area contributed by atoms with E-state index in [4.69, 9.17) is 11.5 Å². The Kier molecular flexibility index (Phi) is 26.4. The molecule has 2 aromatic carbocycles.